The first-order valence-electron chi connectivity index (χ1n) is 11.4. The Bertz CT molecular complexity index is 1400. The molecule has 0 radical (unpaired) electrons. The normalized spacial score (nSPS) is 11.1. The van der Waals surface area contributed by atoms with E-state index in [0.717, 1.165) is 27.7 Å². The van der Waals surface area contributed by atoms with Gasteiger partial charge >= 0.3 is 0 Å². The zero-order chi connectivity index (χ0) is 26.7. The molecule has 0 spiro atoms. The molecule has 0 aliphatic heterocycles. The largest absolute Gasteiger partial charge is 0.321 e. The molecule has 2 heterocycles. The van der Waals surface area contributed by atoms with Crippen LogP contribution >= 0.6 is 46.4 Å². The predicted octanol–water partition coefficient (Wildman–Crippen LogP) is 5.85. The number of carbonyl (C=O) groups excluding carboxylic acids is 3. The Hall–Kier alpha value is -3.45. The number of carbonyl (C=O) groups is 3. The van der Waals surface area contributed by atoms with E-state index in [2.05, 4.69) is 25.3 Å². The molecule has 3 N–H and O–H groups in total. The summed E-state index contributed by atoms with van der Waals surface area (Å²) in [6, 6.07) is 17.7. The van der Waals surface area contributed by atoms with Gasteiger partial charge in [0, 0.05) is 27.7 Å². The van der Waals surface area contributed by atoms with Crippen molar-refractivity contribution in [3.8, 4) is 0 Å². The Morgan fingerprint density at radius 1 is 0.974 bits per heavy atom. The molecule has 2 aromatic heterocycles. The lowest BCUT2D eigenvalue weighted by Crippen LogP contribution is -2.30. The molecule has 4 rings (SSSR count). The maximum absolute atomic E-state index is 13.1. The summed E-state index contributed by atoms with van der Waals surface area (Å²) in [6.45, 7) is 2.02. The molecule has 0 saturated heterocycles. The van der Waals surface area contributed by atoms with Crippen molar-refractivity contribution in [3.63, 3.8) is 0 Å². The Balaban J connectivity index is 1.34. The van der Waals surface area contributed by atoms with Crippen molar-refractivity contribution in [1.82, 2.24) is 14.7 Å². The minimum Gasteiger partial charge on any atom is -0.321 e. The lowest BCUT2D eigenvalue weighted by Gasteiger charge is -2.11. The van der Waals surface area contributed by atoms with Gasteiger partial charge in [0.1, 0.15) is 5.70 Å². The lowest BCUT2D eigenvalue weighted by atomic mass is 10.2. The zero-order valence-corrected chi connectivity index (χ0v) is 23.4. The van der Waals surface area contributed by atoms with E-state index in [1.54, 1.807) is 42.5 Å². The number of amides is 3. The first-order valence-corrected chi connectivity index (χ1v) is 15.1. The average molecular weight is 582 g/mol. The Labute approximate surface area is 236 Å². The molecule has 0 fully saturated rings. The summed E-state index contributed by atoms with van der Waals surface area (Å²) in [5.41, 5.74) is 1.95. The van der Waals surface area contributed by atoms with Crippen LogP contribution in [-0.2, 0) is 9.59 Å². The molecule has 194 valence electrons. The summed E-state index contributed by atoms with van der Waals surface area (Å²) in [6.07, 6.45) is 1.64. The smallest absolute Gasteiger partial charge is 0.272 e. The van der Waals surface area contributed by atoms with Crippen LogP contribution in [0.2, 0.25) is 0 Å². The SMILES string of the molecule is CCSc1nsc(NC(=O)CSc2ccc(NC(=O)/C(=C/c3ccsc3)NC(=O)c3ccccc3)cc2)n1. The summed E-state index contributed by atoms with van der Waals surface area (Å²) in [5.74, 6) is 0.0823. The summed E-state index contributed by atoms with van der Waals surface area (Å²) in [4.78, 5) is 43.1. The fourth-order valence-corrected chi connectivity index (χ4v) is 5.65. The van der Waals surface area contributed by atoms with Crippen molar-refractivity contribution in [3.05, 3.63) is 88.2 Å². The van der Waals surface area contributed by atoms with Crippen LogP contribution in [-0.4, -0.2) is 38.6 Å². The molecule has 8 nitrogen and oxygen atoms in total. The summed E-state index contributed by atoms with van der Waals surface area (Å²) < 4.78 is 4.19. The van der Waals surface area contributed by atoms with E-state index in [9.17, 15) is 14.4 Å². The van der Waals surface area contributed by atoms with Crippen LogP contribution in [0, 0.1) is 0 Å². The number of aromatic nitrogens is 2. The summed E-state index contributed by atoms with van der Waals surface area (Å²) in [5, 5.41) is 13.2. The first-order chi connectivity index (χ1) is 18.5. The molecule has 38 heavy (non-hydrogen) atoms. The Morgan fingerprint density at radius 3 is 2.47 bits per heavy atom. The van der Waals surface area contributed by atoms with Gasteiger partial charge in [0.15, 0.2) is 0 Å². The van der Waals surface area contributed by atoms with E-state index in [-0.39, 0.29) is 23.3 Å². The van der Waals surface area contributed by atoms with E-state index >= 15 is 0 Å². The molecule has 0 aliphatic carbocycles. The van der Waals surface area contributed by atoms with Gasteiger partial charge in [-0.2, -0.15) is 20.7 Å². The molecule has 12 heteroatoms. The van der Waals surface area contributed by atoms with Crippen molar-refractivity contribution in [2.24, 2.45) is 0 Å². The molecule has 3 amide bonds. The first kappa shape index (κ1) is 27.6. The van der Waals surface area contributed by atoms with Gasteiger partial charge in [-0.3, -0.25) is 19.7 Å². The highest BCUT2D eigenvalue weighted by atomic mass is 32.2. The van der Waals surface area contributed by atoms with Crippen LogP contribution in [0.3, 0.4) is 0 Å². The van der Waals surface area contributed by atoms with Crippen LogP contribution in [0.25, 0.3) is 6.08 Å². The number of nitrogens with zero attached hydrogens (tertiary/aromatic N) is 2. The number of hydrogen-bond acceptors (Lipinski definition) is 9. The molecule has 0 saturated carbocycles. The van der Waals surface area contributed by atoms with E-state index in [0.29, 0.717) is 21.5 Å². The number of thiophene rings is 1. The van der Waals surface area contributed by atoms with Gasteiger partial charge in [-0.15, -0.1) is 11.8 Å². The molecule has 0 bridgehead atoms. The molecule has 0 unspecified atom stereocenters. The number of hydrogen-bond donors (Lipinski definition) is 3. The molecule has 2 aromatic carbocycles. The standard InChI is InChI=1S/C26H23N5O3S4/c1-2-36-26-30-25(38-31-26)29-22(32)16-37-20-10-8-19(9-11-20)27-24(34)21(14-17-12-13-35-15-17)28-23(33)18-6-4-3-5-7-18/h3-15H,2,16H2,1H3,(H,27,34)(H,28,33)(H,29,30,31,32)/b21-14-. The van der Waals surface area contributed by atoms with E-state index < -0.39 is 5.91 Å². The van der Waals surface area contributed by atoms with Crippen molar-refractivity contribution >= 4 is 81.0 Å². The van der Waals surface area contributed by atoms with Crippen molar-refractivity contribution < 1.29 is 14.4 Å². The average Bonchev–Trinajstić information content (AvgIpc) is 3.61. The van der Waals surface area contributed by atoms with Crippen LogP contribution in [0.1, 0.15) is 22.8 Å². The Kier molecular flexibility index (Phi) is 10.1. The summed E-state index contributed by atoms with van der Waals surface area (Å²) >= 11 is 5.54. The third-order valence-electron chi connectivity index (χ3n) is 4.79. The molecular weight excluding hydrogens is 559 g/mol. The second kappa shape index (κ2) is 13.9. The number of anilines is 2. The van der Waals surface area contributed by atoms with Crippen LogP contribution < -0.4 is 16.0 Å². The fraction of sp³-hybridized carbons (Fsp3) is 0.115. The van der Waals surface area contributed by atoms with Crippen molar-refractivity contribution in [1.29, 1.82) is 0 Å². The van der Waals surface area contributed by atoms with Crippen LogP contribution in [0.5, 0.6) is 0 Å². The topological polar surface area (TPSA) is 113 Å². The maximum atomic E-state index is 13.1. The van der Waals surface area contributed by atoms with E-state index in [4.69, 9.17) is 0 Å². The number of benzene rings is 2. The van der Waals surface area contributed by atoms with Gasteiger partial charge in [-0.05, 0) is 70.6 Å². The minimum absolute atomic E-state index is 0.129. The van der Waals surface area contributed by atoms with Crippen LogP contribution in [0.15, 0.2) is 87.2 Å². The van der Waals surface area contributed by atoms with Crippen molar-refractivity contribution in [2.45, 2.75) is 17.0 Å². The zero-order valence-electron chi connectivity index (χ0n) is 20.2. The van der Waals surface area contributed by atoms with Gasteiger partial charge in [0.25, 0.3) is 11.8 Å². The highest BCUT2D eigenvalue weighted by Gasteiger charge is 2.15. The predicted molar refractivity (Wildman–Crippen MR) is 157 cm³/mol. The monoisotopic (exact) mass is 581 g/mol. The van der Waals surface area contributed by atoms with Gasteiger partial charge in [0.2, 0.25) is 16.2 Å². The van der Waals surface area contributed by atoms with Gasteiger partial charge in [-0.1, -0.05) is 36.9 Å². The third-order valence-corrected chi connectivity index (χ3v) is 7.98. The number of thioether (sulfide) groups is 2. The minimum atomic E-state index is -0.446. The second-order valence-corrected chi connectivity index (χ2v) is 11.4. The fourth-order valence-electron chi connectivity index (χ4n) is 3.05. The lowest BCUT2D eigenvalue weighted by molar-refractivity contribution is -0.114. The maximum Gasteiger partial charge on any atom is 0.272 e. The molecule has 0 aliphatic rings. The van der Waals surface area contributed by atoms with E-state index in [1.165, 1.54) is 34.9 Å². The quantitative estimate of drug-likeness (QED) is 0.150. The molecule has 0 atom stereocenters. The van der Waals surface area contributed by atoms with Gasteiger partial charge in [0.05, 0.1) is 5.75 Å². The highest BCUT2D eigenvalue weighted by molar-refractivity contribution is 8.00. The molecular formula is C26H23N5O3S4. The van der Waals surface area contributed by atoms with Gasteiger partial charge in [-0.25, -0.2) is 0 Å². The number of rotatable bonds is 11. The number of nitrogens with one attached hydrogen (secondary N) is 3. The van der Waals surface area contributed by atoms with Gasteiger partial charge < -0.3 is 10.6 Å². The summed E-state index contributed by atoms with van der Waals surface area (Å²) in [7, 11) is 0. The van der Waals surface area contributed by atoms with E-state index in [1.807, 2.05) is 41.9 Å². The highest BCUT2D eigenvalue weighted by Crippen LogP contribution is 2.23. The Morgan fingerprint density at radius 2 is 1.76 bits per heavy atom. The van der Waals surface area contributed by atoms with Crippen LogP contribution in [0.4, 0.5) is 10.8 Å². The van der Waals surface area contributed by atoms with Crippen molar-refractivity contribution in [2.75, 3.05) is 22.1 Å². The molecule has 4 aromatic rings. The third kappa shape index (κ3) is 8.28. The second-order valence-electron chi connectivity index (χ2n) is 7.57.